The van der Waals surface area contributed by atoms with Crippen molar-refractivity contribution in [1.82, 2.24) is 19.8 Å². The zero-order chi connectivity index (χ0) is 23.2. The third kappa shape index (κ3) is 5.72. The van der Waals surface area contributed by atoms with E-state index in [4.69, 9.17) is 0 Å². The highest BCUT2D eigenvalue weighted by Gasteiger charge is 2.24. The highest BCUT2D eigenvalue weighted by atomic mass is 16.2. The van der Waals surface area contributed by atoms with Gasteiger partial charge >= 0.3 is 11.8 Å². The van der Waals surface area contributed by atoms with Crippen molar-refractivity contribution in [2.75, 3.05) is 18.4 Å². The van der Waals surface area contributed by atoms with Gasteiger partial charge in [-0.3, -0.25) is 19.3 Å². The number of aromatic nitrogens is 2. The lowest BCUT2D eigenvalue weighted by molar-refractivity contribution is -0.136. The lowest BCUT2D eigenvalue weighted by Gasteiger charge is -2.32. The molecule has 8 heteroatoms. The number of anilines is 1. The monoisotopic (exact) mass is 445 g/mol. The van der Waals surface area contributed by atoms with E-state index in [2.05, 4.69) is 32.7 Å². The fourth-order valence-corrected chi connectivity index (χ4v) is 3.97. The zero-order valence-electron chi connectivity index (χ0n) is 18.5. The molecule has 2 heterocycles. The Labute approximate surface area is 192 Å². The Morgan fingerprint density at radius 2 is 1.76 bits per heavy atom. The van der Waals surface area contributed by atoms with Gasteiger partial charge in [-0.05, 0) is 30.5 Å². The summed E-state index contributed by atoms with van der Waals surface area (Å²) in [5, 5.41) is 5.42. The van der Waals surface area contributed by atoms with Crippen molar-refractivity contribution in [2.45, 2.75) is 25.4 Å². The number of ketones is 1. The second kappa shape index (κ2) is 10.2. The summed E-state index contributed by atoms with van der Waals surface area (Å²) >= 11 is 0. The van der Waals surface area contributed by atoms with Crippen molar-refractivity contribution >= 4 is 23.3 Å². The van der Waals surface area contributed by atoms with Gasteiger partial charge in [0.25, 0.3) is 0 Å². The third-order valence-corrected chi connectivity index (χ3v) is 5.78. The van der Waals surface area contributed by atoms with E-state index in [0.717, 1.165) is 32.5 Å². The summed E-state index contributed by atoms with van der Waals surface area (Å²) in [4.78, 5) is 43.9. The van der Waals surface area contributed by atoms with Crippen molar-refractivity contribution in [3.05, 3.63) is 83.9 Å². The van der Waals surface area contributed by atoms with Crippen LogP contribution in [0.2, 0.25) is 0 Å². The summed E-state index contributed by atoms with van der Waals surface area (Å²) in [6, 6.07) is 16.7. The molecule has 1 aromatic heterocycles. The molecular weight excluding hydrogens is 418 g/mol. The largest absolute Gasteiger partial charge is 0.345 e. The van der Waals surface area contributed by atoms with Gasteiger partial charge < -0.3 is 15.2 Å². The topological polar surface area (TPSA) is 96.3 Å². The first-order chi connectivity index (χ1) is 16.0. The molecule has 33 heavy (non-hydrogen) atoms. The number of piperidine rings is 1. The summed E-state index contributed by atoms with van der Waals surface area (Å²) < 4.78 is 1.63. The third-order valence-electron chi connectivity index (χ3n) is 5.78. The Kier molecular flexibility index (Phi) is 6.95. The first kappa shape index (κ1) is 22.4. The molecule has 2 aromatic carbocycles. The normalized spacial score (nSPS) is 14.6. The minimum Gasteiger partial charge on any atom is -0.345 e. The Morgan fingerprint density at radius 1 is 1.00 bits per heavy atom. The number of likely N-dealkylation sites (tertiary alicyclic amines) is 1. The number of rotatable bonds is 6. The molecule has 0 aliphatic carbocycles. The van der Waals surface area contributed by atoms with Crippen molar-refractivity contribution < 1.29 is 14.4 Å². The molecule has 170 valence electrons. The number of hydrogen-bond acceptors (Lipinski definition) is 5. The number of hydrogen-bond donors (Lipinski definition) is 2. The number of carbonyl (C=O) groups is 3. The van der Waals surface area contributed by atoms with Gasteiger partial charge in [-0.2, -0.15) is 0 Å². The quantitative estimate of drug-likeness (QED) is 0.449. The Hall–Kier alpha value is -3.78. The van der Waals surface area contributed by atoms with Crippen molar-refractivity contribution in [1.29, 1.82) is 0 Å². The number of benzene rings is 2. The Bertz CT molecular complexity index is 1130. The van der Waals surface area contributed by atoms with E-state index in [1.165, 1.54) is 5.56 Å². The van der Waals surface area contributed by atoms with Crippen molar-refractivity contribution in [2.24, 2.45) is 7.05 Å². The summed E-state index contributed by atoms with van der Waals surface area (Å²) in [7, 11) is 1.74. The smallest absolute Gasteiger partial charge is 0.313 e. The average molecular weight is 446 g/mol. The number of aryl methyl sites for hydroxylation is 1. The van der Waals surface area contributed by atoms with Gasteiger partial charge in [0.2, 0.25) is 5.78 Å². The summed E-state index contributed by atoms with van der Waals surface area (Å²) in [5.74, 6) is -1.37. The average Bonchev–Trinajstić information content (AvgIpc) is 3.26. The highest BCUT2D eigenvalue weighted by Crippen LogP contribution is 2.16. The highest BCUT2D eigenvalue weighted by molar-refractivity contribution is 6.39. The van der Waals surface area contributed by atoms with Gasteiger partial charge in [0.15, 0.2) is 5.82 Å². The maximum absolute atomic E-state index is 12.6. The fraction of sp³-hybridized carbons (Fsp3) is 0.280. The van der Waals surface area contributed by atoms with E-state index < -0.39 is 11.8 Å². The van der Waals surface area contributed by atoms with Crippen LogP contribution in [0.4, 0.5) is 5.69 Å². The molecule has 0 unspecified atom stereocenters. The van der Waals surface area contributed by atoms with Crippen molar-refractivity contribution in [3.63, 3.8) is 0 Å². The molecule has 1 fully saturated rings. The van der Waals surface area contributed by atoms with Crippen LogP contribution in [-0.2, 0) is 23.2 Å². The lowest BCUT2D eigenvalue weighted by Crippen LogP contribution is -2.47. The van der Waals surface area contributed by atoms with Gasteiger partial charge in [-0.25, -0.2) is 4.98 Å². The number of nitrogens with zero attached hydrogens (tertiary/aromatic N) is 3. The predicted octanol–water partition coefficient (Wildman–Crippen LogP) is 2.37. The molecule has 0 spiro atoms. The van der Waals surface area contributed by atoms with Gasteiger partial charge in [0.1, 0.15) is 0 Å². The molecule has 4 rings (SSSR count). The molecule has 1 saturated heterocycles. The molecule has 0 bridgehead atoms. The molecule has 2 amide bonds. The molecule has 2 N–H and O–H groups in total. The van der Waals surface area contributed by atoms with E-state index in [0.29, 0.717) is 17.1 Å². The van der Waals surface area contributed by atoms with Crippen LogP contribution in [0, 0.1) is 0 Å². The van der Waals surface area contributed by atoms with E-state index in [1.807, 2.05) is 18.2 Å². The van der Waals surface area contributed by atoms with Crippen LogP contribution >= 0.6 is 0 Å². The maximum atomic E-state index is 12.6. The predicted molar refractivity (Wildman–Crippen MR) is 125 cm³/mol. The Morgan fingerprint density at radius 3 is 2.45 bits per heavy atom. The van der Waals surface area contributed by atoms with Gasteiger partial charge in [0.05, 0.1) is 0 Å². The number of imidazole rings is 1. The van der Waals surface area contributed by atoms with Gasteiger partial charge in [-0.1, -0.05) is 42.5 Å². The molecule has 8 nitrogen and oxygen atoms in total. The van der Waals surface area contributed by atoms with Crippen LogP contribution in [0.3, 0.4) is 0 Å². The molecule has 1 aliphatic heterocycles. The molecular formula is C25H27N5O3. The van der Waals surface area contributed by atoms with Gasteiger partial charge in [-0.15, -0.1) is 0 Å². The second-order valence-electron chi connectivity index (χ2n) is 8.24. The first-order valence-corrected chi connectivity index (χ1v) is 11.0. The van der Waals surface area contributed by atoms with Crippen LogP contribution in [0.25, 0.3) is 0 Å². The number of nitrogens with one attached hydrogen (secondary N) is 2. The molecule has 0 atom stereocenters. The molecule has 0 saturated carbocycles. The standard InChI is InChI=1S/C25H27N5O3/c1-29-15-12-26-23(29)22(31)19-8-5-9-21(16-19)28-25(33)24(32)27-20-10-13-30(14-11-20)17-18-6-3-2-4-7-18/h2-9,12,15-16,20H,10-11,13-14,17H2,1H3,(H,27,32)(H,28,33). The first-order valence-electron chi connectivity index (χ1n) is 11.0. The Balaban J connectivity index is 1.27. The molecule has 1 aliphatic rings. The minimum absolute atomic E-state index is 0.0356. The van der Waals surface area contributed by atoms with Crippen LogP contribution in [0.5, 0.6) is 0 Å². The van der Waals surface area contributed by atoms with E-state index >= 15 is 0 Å². The summed E-state index contributed by atoms with van der Waals surface area (Å²) in [5.41, 5.74) is 2.03. The van der Waals surface area contributed by atoms with Crippen LogP contribution in [-0.4, -0.2) is 51.2 Å². The molecule has 3 aromatic rings. The number of carbonyl (C=O) groups excluding carboxylic acids is 3. The van der Waals surface area contributed by atoms with Crippen LogP contribution < -0.4 is 10.6 Å². The second-order valence-corrected chi connectivity index (χ2v) is 8.24. The van der Waals surface area contributed by atoms with Crippen LogP contribution in [0.15, 0.2) is 67.0 Å². The minimum atomic E-state index is -0.747. The fourth-order valence-electron chi connectivity index (χ4n) is 3.97. The summed E-state index contributed by atoms with van der Waals surface area (Å²) in [6.45, 7) is 2.60. The van der Waals surface area contributed by atoms with E-state index in [1.54, 1.807) is 48.3 Å². The summed E-state index contributed by atoms with van der Waals surface area (Å²) in [6.07, 6.45) is 4.82. The van der Waals surface area contributed by atoms with Crippen molar-refractivity contribution in [3.8, 4) is 0 Å². The zero-order valence-corrected chi connectivity index (χ0v) is 18.5. The SMILES string of the molecule is Cn1ccnc1C(=O)c1cccc(NC(=O)C(=O)NC2CCN(Cc3ccccc3)CC2)c1. The van der Waals surface area contributed by atoms with E-state index in [-0.39, 0.29) is 11.8 Å². The maximum Gasteiger partial charge on any atom is 0.313 e. The van der Waals surface area contributed by atoms with Gasteiger partial charge in [0, 0.05) is 56.4 Å². The number of amides is 2. The molecule has 0 radical (unpaired) electrons. The van der Waals surface area contributed by atoms with E-state index in [9.17, 15) is 14.4 Å². The lowest BCUT2D eigenvalue weighted by atomic mass is 10.0. The van der Waals surface area contributed by atoms with Crippen LogP contribution in [0.1, 0.15) is 34.6 Å².